The Morgan fingerprint density at radius 3 is 2.44 bits per heavy atom. The molecule has 1 aliphatic carbocycles. The average molecular weight is 440 g/mol. The Morgan fingerprint density at radius 2 is 1.78 bits per heavy atom. The Hall–Kier alpha value is -2.90. The molecule has 0 radical (unpaired) electrons. The molecule has 1 atom stereocenters. The highest BCUT2D eigenvalue weighted by Gasteiger charge is 2.36. The van der Waals surface area contributed by atoms with Crippen LogP contribution in [0, 0.1) is 5.41 Å². The van der Waals surface area contributed by atoms with Crippen LogP contribution in [0.25, 0.3) is 10.9 Å². The molecule has 1 aromatic heterocycles. The topological polar surface area (TPSA) is 96.3 Å². The quantitative estimate of drug-likeness (QED) is 0.723. The van der Waals surface area contributed by atoms with Crippen molar-refractivity contribution in [3.05, 3.63) is 30.0 Å². The largest absolute Gasteiger partial charge is 0.352 e. The molecule has 172 valence electrons. The molecule has 1 aromatic carbocycles. The lowest BCUT2D eigenvalue weighted by molar-refractivity contribution is -0.132. The van der Waals surface area contributed by atoms with E-state index in [9.17, 15) is 14.4 Å². The van der Waals surface area contributed by atoms with Gasteiger partial charge in [-0.1, -0.05) is 39.0 Å². The van der Waals surface area contributed by atoms with Gasteiger partial charge in [-0.05, 0) is 43.6 Å². The summed E-state index contributed by atoms with van der Waals surface area (Å²) in [5.74, 6) is -0.560. The van der Waals surface area contributed by atoms with Crippen LogP contribution in [0.3, 0.4) is 0 Å². The minimum absolute atomic E-state index is 0.0151. The van der Waals surface area contributed by atoms with Gasteiger partial charge < -0.3 is 15.5 Å². The van der Waals surface area contributed by atoms with Crippen molar-refractivity contribution in [1.82, 2.24) is 25.3 Å². The van der Waals surface area contributed by atoms with Crippen LogP contribution >= 0.6 is 0 Å². The first kappa shape index (κ1) is 22.3. The number of nitrogens with zero attached hydrogens (tertiary/aromatic N) is 3. The van der Waals surface area contributed by atoms with Crippen molar-refractivity contribution in [2.24, 2.45) is 5.41 Å². The molecular formula is C24H33N5O3. The van der Waals surface area contributed by atoms with Crippen molar-refractivity contribution in [2.45, 2.75) is 71.5 Å². The van der Waals surface area contributed by atoms with Gasteiger partial charge in [0.05, 0.1) is 5.52 Å². The lowest BCUT2D eigenvalue weighted by atomic mass is 9.86. The van der Waals surface area contributed by atoms with Gasteiger partial charge in [-0.2, -0.15) is 5.10 Å². The first-order valence-corrected chi connectivity index (χ1v) is 11.6. The maximum Gasteiger partial charge on any atom is 0.273 e. The molecule has 0 spiro atoms. The first-order valence-electron chi connectivity index (χ1n) is 11.6. The van der Waals surface area contributed by atoms with Crippen LogP contribution in [-0.2, 0) is 16.1 Å². The highest BCUT2D eigenvalue weighted by atomic mass is 16.2. The standard InChI is InChI=1S/C24H33N5O3/c1-24(2,3)21(23(32)25-16-11-12-16)26-22(31)20-17-9-5-6-10-18(17)29(27-20)15-19(30)28-13-7-4-8-14-28/h5-6,9-10,16,21H,4,7-8,11-15H2,1-3H3,(H,25,32)(H,26,31). The van der Waals surface area contributed by atoms with Gasteiger partial charge in [-0.25, -0.2) is 0 Å². The maximum absolute atomic E-state index is 13.3. The number of likely N-dealkylation sites (tertiary alicyclic amines) is 1. The molecule has 1 unspecified atom stereocenters. The molecule has 1 saturated carbocycles. The summed E-state index contributed by atoms with van der Waals surface area (Å²) in [4.78, 5) is 40.7. The maximum atomic E-state index is 13.3. The number of hydrogen-bond donors (Lipinski definition) is 2. The van der Waals surface area contributed by atoms with E-state index in [0.717, 1.165) is 50.7 Å². The molecular weight excluding hydrogens is 406 g/mol. The summed E-state index contributed by atoms with van der Waals surface area (Å²) in [6, 6.07) is 6.94. The molecule has 32 heavy (non-hydrogen) atoms. The molecule has 2 heterocycles. The summed E-state index contributed by atoms with van der Waals surface area (Å²) < 4.78 is 1.61. The Labute approximate surface area is 188 Å². The van der Waals surface area contributed by atoms with Crippen LogP contribution < -0.4 is 10.6 Å². The second-order valence-corrected chi connectivity index (χ2v) is 10.0. The second-order valence-electron chi connectivity index (χ2n) is 10.0. The van der Waals surface area contributed by atoms with Gasteiger partial charge in [0, 0.05) is 24.5 Å². The zero-order valence-electron chi connectivity index (χ0n) is 19.2. The lowest BCUT2D eigenvalue weighted by Crippen LogP contribution is -2.54. The summed E-state index contributed by atoms with van der Waals surface area (Å²) in [5.41, 5.74) is 0.510. The van der Waals surface area contributed by atoms with E-state index in [4.69, 9.17) is 0 Å². The first-order chi connectivity index (χ1) is 15.2. The van der Waals surface area contributed by atoms with Crippen LogP contribution in [0.4, 0.5) is 0 Å². The van der Waals surface area contributed by atoms with Crippen molar-refractivity contribution in [3.8, 4) is 0 Å². The number of carbonyl (C=O) groups is 3. The van der Waals surface area contributed by atoms with E-state index in [1.54, 1.807) is 4.68 Å². The second kappa shape index (κ2) is 8.92. The Kier molecular flexibility index (Phi) is 6.22. The van der Waals surface area contributed by atoms with Gasteiger partial charge >= 0.3 is 0 Å². The van der Waals surface area contributed by atoms with Crippen LogP contribution in [0.2, 0.25) is 0 Å². The van der Waals surface area contributed by atoms with Crippen molar-refractivity contribution in [2.75, 3.05) is 13.1 Å². The van der Waals surface area contributed by atoms with E-state index in [2.05, 4.69) is 15.7 Å². The van der Waals surface area contributed by atoms with E-state index < -0.39 is 17.4 Å². The van der Waals surface area contributed by atoms with Crippen molar-refractivity contribution in [3.63, 3.8) is 0 Å². The Balaban J connectivity index is 1.56. The number of para-hydroxylation sites is 1. The van der Waals surface area contributed by atoms with E-state index in [-0.39, 0.29) is 30.1 Å². The minimum Gasteiger partial charge on any atom is -0.352 e. The fraction of sp³-hybridized carbons (Fsp3) is 0.583. The van der Waals surface area contributed by atoms with Gasteiger partial charge in [0.25, 0.3) is 5.91 Å². The van der Waals surface area contributed by atoms with E-state index >= 15 is 0 Å². The minimum atomic E-state index is -0.686. The summed E-state index contributed by atoms with van der Waals surface area (Å²) in [5, 5.41) is 11.1. The Morgan fingerprint density at radius 1 is 1.09 bits per heavy atom. The third-order valence-electron chi connectivity index (χ3n) is 6.19. The monoisotopic (exact) mass is 439 g/mol. The van der Waals surface area contributed by atoms with Crippen molar-refractivity contribution < 1.29 is 14.4 Å². The molecule has 1 aliphatic heterocycles. The number of rotatable bonds is 6. The lowest BCUT2D eigenvalue weighted by Gasteiger charge is -2.30. The molecule has 3 amide bonds. The number of aromatic nitrogens is 2. The number of nitrogens with one attached hydrogen (secondary N) is 2. The molecule has 2 aromatic rings. The molecule has 2 fully saturated rings. The summed E-state index contributed by atoms with van der Waals surface area (Å²) >= 11 is 0. The van der Waals surface area contributed by atoms with E-state index in [1.165, 1.54) is 0 Å². The van der Waals surface area contributed by atoms with Crippen LogP contribution in [0.5, 0.6) is 0 Å². The number of amides is 3. The van der Waals surface area contributed by atoms with Gasteiger partial charge in [0.2, 0.25) is 11.8 Å². The number of carbonyl (C=O) groups excluding carboxylic acids is 3. The van der Waals surface area contributed by atoms with Gasteiger partial charge in [-0.15, -0.1) is 0 Å². The third-order valence-corrected chi connectivity index (χ3v) is 6.19. The zero-order valence-corrected chi connectivity index (χ0v) is 19.2. The highest BCUT2D eigenvalue weighted by molar-refractivity contribution is 6.06. The average Bonchev–Trinajstić information content (AvgIpc) is 3.51. The number of piperidine rings is 1. The molecule has 2 N–H and O–H groups in total. The van der Waals surface area contributed by atoms with Crippen molar-refractivity contribution >= 4 is 28.6 Å². The van der Waals surface area contributed by atoms with Gasteiger partial charge in [-0.3, -0.25) is 19.1 Å². The predicted molar refractivity (Wildman–Crippen MR) is 122 cm³/mol. The summed E-state index contributed by atoms with van der Waals surface area (Å²) in [6.45, 7) is 7.43. The van der Waals surface area contributed by atoms with E-state index in [1.807, 2.05) is 49.9 Å². The molecule has 4 rings (SSSR count). The molecule has 8 heteroatoms. The fourth-order valence-corrected chi connectivity index (χ4v) is 4.17. The predicted octanol–water partition coefficient (Wildman–Crippen LogP) is 2.47. The summed E-state index contributed by atoms with van der Waals surface area (Å²) in [7, 11) is 0. The van der Waals surface area contributed by atoms with Gasteiger partial charge in [0.1, 0.15) is 12.6 Å². The smallest absolute Gasteiger partial charge is 0.273 e. The van der Waals surface area contributed by atoms with Gasteiger partial charge in [0.15, 0.2) is 5.69 Å². The van der Waals surface area contributed by atoms with Crippen LogP contribution in [-0.4, -0.2) is 57.6 Å². The molecule has 0 bridgehead atoms. The highest BCUT2D eigenvalue weighted by Crippen LogP contribution is 2.25. The van der Waals surface area contributed by atoms with Crippen molar-refractivity contribution in [1.29, 1.82) is 0 Å². The molecule has 2 aliphatic rings. The SMILES string of the molecule is CC(C)(C)C(NC(=O)c1nn(CC(=O)N2CCCCC2)c2ccccc12)C(=O)NC1CC1. The van der Waals surface area contributed by atoms with Crippen LogP contribution in [0.1, 0.15) is 63.4 Å². The summed E-state index contributed by atoms with van der Waals surface area (Å²) in [6.07, 6.45) is 5.17. The number of fused-ring (bicyclic) bond motifs is 1. The number of hydrogen-bond acceptors (Lipinski definition) is 4. The molecule has 1 saturated heterocycles. The molecule has 8 nitrogen and oxygen atoms in total. The van der Waals surface area contributed by atoms with Crippen LogP contribution in [0.15, 0.2) is 24.3 Å². The normalized spacial score (nSPS) is 17.8. The fourth-order valence-electron chi connectivity index (χ4n) is 4.17. The van der Waals surface area contributed by atoms with E-state index in [0.29, 0.717) is 5.39 Å². The number of benzene rings is 1. The third kappa shape index (κ3) is 4.95. The Bertz CT molecular complexity index is 1010. The zero-order chi connectivity index (χ0) is 22.9.